The van der Waals surface area contributed by atoms with Gasteiger partial charge in [-0.25, -0.2) is 9.97 Å². The lowest BCUT2D eigenvalue weighted by Gasteiger charge is -2.04. The van der Waals surface area contributed by atoms with Gasteiger partial charge in [-0.15, -0.1) is 0 Å². The molecule has 5 nitrogen and oxygen atoms in total. The molecule has 0 amide bonds. The average Bonchev–Trinajstić information content (AvgIpc) is 2.39. The molecule has 0 radical (unpaired) electrons. The molecule has 88 valence electrons. The van der Waals surface area contributed by atoms with Crippen LogP contribution in [-0.2, 0) is 21.3 Å². The van der Waals surface area contributed by atoms with E-state index in [-0.39, 0.29) is 0 Å². The molecular weight excluding hydrogens is 236 g/mol. The van der Waals surface area contributed by atoms with Gasteiger partial charge in [0.05, 0.1) is 0 Å². The van der Waals surface area contributed by atoms with Crippen molar-refractivity contribution in [3.05, 3.63) is 42.2 Å². The normalized spacial score (nSPS) is 10.7. The number of rotatable bonds is 3. The summed E-state index contributed by atoms with van der Waals surface area (Å²) in [6, 6.07) is 7.59. The number of benzene rings is 1. The summed E-state index contributed by atoms with van der Waals surface area (Å²) in [4.78, 5) is 8.44. The van der Waals surface area contributed by atoms with Crippen LogP contribution in [-0.4, -0.2) is 9.97 Å². The molecule has 6 heteroatoms. The van der Waals surface area contributed by atoms with Gasteiger partial charge in [0, 0.05) is 24.5 Å². The maximum absolute atomic E-state index is 10.9. The highest BCUT2D eigenvalue weighted by Gasteiger charge is 1.99. The zero-order valence-electron chi connectivity index (χ0n) is 8.96. The Labute approximate surface area is 101 Å². The van der Waals surface area contributed by atoms with Crippen molar-refractivity contribution in [3.8, 4) is 11.4 Å². The van der Waals surface area contributed by atoms with Crippen LogP contribution in [0.25, 0.3) is 11.4 Å². The Bertz CT molecular complexity index is 567. The molecule has 1 aromatic carbocycles. The zero-order valence-corrected chi connectivity index (χ0v) is 9.78. The summed E-state index contributed by atoms with van der Waals surface area (Å²) in [6.45, 7) is 0.498. The number of nitrogens with one attached hydrogen (secondary N) is 1. The molecule has 0 spiro atoms. The standard InChI is InChI=1S/C11H11N4OS/c12-5-8-1-3-9(4-2-8)11-14-6-10(7-15-11)17(13)16/h1-4,6-7,13H,5,12H2/q-1. The van der Waals surface area contributed by atoms with E-state index in [1.54, 1.807) is 0 Å². The van der Waals surface area contributed by atoms with Crippen LogP contribution in [0.4, 0.5) is 0 Å². The third kappa shape index (κ3) is 2.66. The minimum atomic E-state index is -1.79. The van der Waals surface area contributed by atoms with E-state index in [4.69, 9.17) is 10.5 Å². The molecule has 2 rings (SSSR count). The van der Waals surface area contributed by atoms with Gasteiger partial charge < -0.3 is 14.7 Å². The van der Waals surface area contributed by atoms with Gasteiger partial charge in [-0.2, -0.15) is 10.6 Å². The molecule has 0 aliphatic rings. The second-order valence-electron chi connectivity index (χ2n) is 3.41. The molecule has 0 unspecified atom stereocenters. The third-order valence-electron chi connectivity index (χ3n) is 2.29. The molecule has 0 atom stereocenters. The van der Waals surface area contributed by atoms with Gasteiger partial charge in [0.1, 0.15) is 0 Å². The Morgan fingerprint density at radius 3 is 2.24 bits per heavy atom. The fraction of sp³-hybridized carbons (Fsp3) is 0.0909. The second-order valence-corrected chi connectivity index (χ2v) is 4.42. The van der Waals surface area contributed by atoms with Crippen LogP contribution in [0.5, 0.6) is 0 Å². The maximum atomic E-state index is 10.9. The molecule has 0 fully saturated rings. The Morgan fingerprint density at radius 1 is 1.18 bits per heavy atom. The summed E-state index contributed by atoms with van der Waals surface area (Å²) < 4.78 is 17.9. The average molecular weight is 247 g/mol. The first kappa shape index (κ1) is 11.7. The van der Waals surface area contributed by atoms with Crippen molar-refractivity contribution < 1.29 is 4.21 Å². The Morgan fingerprint density at radius 2 is 1.76 bits per heavy atom. The van der Waals surface area contributed by atoms with Crippen LogP contribution in [0.1, 0.15) is 5.56 Å². The first-order valence-electron chi connectivity index (χ1n) is 4.95. The monoisotopic (exact) mass is 247 g/mol. The van der Waals surface area contributed by atoms with E-state index in [2.05, 4.69) is 9.97 Å². The van der Waals surface area contributed by atoms with Crippen LogP contribution >= 0.6 is 0 Å². The van der Waals surface area contributed by atoms with Crippen LogP contribution in [0.2, 0.25) is 0 Å². The summed E-state index contributed by atoms with van der Waals surface area (Å²) in [7, 11) is -1.79. The van der Waals surface area contributed by atoms with Gasteiger partial charge in [0.2, 0.25) is 0 Å². The molecule has 0 aliphatic carbocycles. The van der Waals surface area contributed by atoms with Crippen molar-refractivity contribution in [2.45, 2.75) is 11.4 Å². The minimum Gasteiger partial charge on any atom is -0.440 e. The van der Waals surface area contributed by atoms with Gasteiger partial charge in [-0.05, 0) is 5.56 Å². The maximum Gasteiger partial charge on any atom is 0.158 e. The quantitative estimate of drug-likeness (QED) is 0.807. The molecule has 17 heavy (non-hydrogen) atoms. The molecule has 2 aromatic rings. The molecule has 3 N–H and O–H groups in total. The molecule has 1 aromatic heterocycles. The van der Waals surface area contributed by atoms with E-state index in [0.29, 0.717) is 17.3 Å². The first-order chi connectivity index (χ1) is 8.20. The summed E-state index contributed by atoms with van der Waals surface area (Å²) in [5.74, 6) is 0.544. The van der Waals surface area contributed by atoms with E-state index >= 15 is 0 Å². The Hall–Kier alpha value is -1.79. The minimum absolute atomic E-state index is 0.298. The van der Waals surface area contributed by atoms with Gasteiger partial charge >= 0.3 is 0 Å². The molecule has 1 heterocycles. The molecule has 0 aliphatic heterocycles. The number of nitrogens with zero attached hydrogens (tertiary/aromatic N) is 2. The summed E-state index contributed by atoms with van der Waals surface area (Å²) in [6.07, 6.45) is 2.81. The topological polar surface area (TPSA) is 92.7 Å². The van der Waals surface area contributed by atoms with Gasteiger partial charge in [-0.3, -0.25) is 0 Å². The number of hydrogen-bond donors (Lipinski definition) is 2. The van der Waals surface area contributed by atoms with Crippen LogP contribution in [0.3, 0.4) is 0 Å². The van der Waals surface area contributed by atoms with Crippen LogP contribution < -0.4 is 5.73 Å². The zero-order chi connectivity index (χ0) is 12.3. The fourth-order valence-electron chi connectivity index (χ4n) is 1.35. The van der Waals surface area contributed by atoms with Crippen molar-refractivity contribution >= 4 is 10.6 Å². The highest BCUT2D eigenvalue weighted by molar-refractivity contribution is 7.73. The van der Waals surface area contributed by atoms with E-state index in [1.807, 2.05) is 24.3 Å². The van der Waals surface area contributed by atoms with Crippen molar-refractivity contribution in [2.24, 2.45) is 5.73 Å². The first-order valence-corrected chi connectivity index (χ1v) is 6.10. The predicted molar refractivity (Wildman–Crippen MR) is 64.4 cm³/mol. The van der Waals surface area contributed by atoms with Gasteiger partial charge in [0.15, 0.2) is 5.82 Å². The fourth-order valence-corrected chi connectivity index (χ4v) is 1.65. The molecule has 0 bridgehead atoms. The second kappa shape index (κ2) is 5.03. The van der Waals surface area contributed by atoms with Gasteiger partial charge in [-0.1, -0.05) is 29.2 Å². The van der Waals surface area contributed by atoms with Gasteiger partial charge in [0.25, 0.3) is 0 Å². The van der Waals surface area contributed by atoms with E-state index in [9.17, 15) is 4.21 Å². The van der Waals surface area contributed by atoms with Crippen molar-refractivity contribution in [1.29, 1.82) is 4.78 Å². The van der Waals surface area contributed by atoms with Crippen molar-refractivity contribution in [1.82, 2.24) is 9.97 Å². The Kier molecular flexibility index (Phi) is 3.46. The molecular formula is C11H11N4OS-. The van der Waals surface area contributed by atoms with E-state index < -0.39 is 10.6 Å². The smallest absolute Gasteiger partial charge is 0.158 e. The lowest BCUT2D eigenvalue weighted by atomic mass is 10.1. The lowest BCUT2D eigenvalue weighted by molar-refractivity contribution is 0.598. The summed E-state index contributed by atoms with van der Waals surface area (Å²) in [5, 5.41) is 0. The number of nitrogens with two attached hydrogens (primary N) is 1. The summed E-state index contributed by atoms with van der Waals surface area (Å²) >= 11 is 0. The highest BCUT2D eigenvalue weighted by Crippen LogP contribution is 2.15. The van der Waals surface area contributed by atoms with Crippen LogP contribution in [0, 0.1) is 4.78 Å². The molecule has 0 saturated heterocycles. The largest absolute Gasteiger partial charge is 0.440 e. The van der Waals surface area contributed by atoms with Crippen molar-refractivity contribution in [3.63, 3.8) is 0 Å². The SMILES string of the molecule is N=[S-](=O)c1cnc(-c2ccc(CN)cc2)nc1. The number of hydrogen-bond acceptors (Lipinski definition) is 6. The van der Waals surface area contributed by atoms with Crippen molar-refractivity contribution in [2.75, 3.05) is 0 Å². The van der Waals surface area contributed by atoms with E-state index in [1.165, 1.54) is 12.4 Å². The highest BCUT2D eigenvalue weighted by atomic mass is 32.2. The van der Waals surface area contributed by atoms with Crippen LogP contribution in [0.15, 0.2) is 41.6 Å². The number of aromatic nitrogens is 2. The molecule has 0 saturated carbocycles. The Balaban J connectivity index is 2.32. The van der Waals surface area contributed by atoms with E-state index in [0.717, 1.165) is 11.1 Å². The predicted octanol–water partition coefficient (Wildman–Crippen LogP) is 1.69. The summed E-state index contributed by atoms with van der Waals surface area (Å²) in [5.41, 5.74) is 7.41. The lowest BCUT2D eigenvalue weighted by Crippen LogP contribution is -1.96. The third-order valence-corrected chi connectivity index (χ3v) is 2.93.